The Kier molecular flexibility index (Phi) is 3.63. The summed E-state index contributed by atoms with van der Waals surface area (Å²) in [5.41, 5.74) is 8.22. The lowest BCUT2D eigenvalue weighted by Gasteiger charge is -2.05. The highest BCUT2D eigenvalue weighted by Crippen LogP contribution is 2.14. The molecule has 0 saturated carbocycles. The average Bonchev–Trinajstić information content (AvgIpc) is 2.32. The summed E-state index contributed by atoms with van der Waals surface area (Å²) in [6.45, 7) is 1.96. The van der Waals surface area contributed by atoms with Gasteiger partial charge >= 0.3 is 5.97 Å². The summed E-state index contributed by atoms with van der Waals surface area (Å²) in [7, 11) is 0. The lowest BCUT2D eigenvalue weighted by Crippen LogP contribution is -2.11. The van der Waals surface area contributed by atoms with Gasteiger partial charge < -0.3 is 10.5 Å². The van der Waals surface area contributed by atoms with Crippen molar-refractivity contribution in [1.29, 1.82) is 0 Å². The molecule has 18 heavy (non-hydrogen) atoms. The van der Waals surface area contributed by atoms with E-state index in [1.807, 2.05) is 37.3 Å². The van der Waals surface area contributed by atoms with Crippen LogP contribution in [0.3, 0.4) is 0 Å². The fourth-order valence-electron chi connectivity index (χ4n) is 1.65. The number of benzene rings is 2. The van der Waals surface area contributed by atoms with Gasteiger partial charge in [0.2, 0.25) is 0 Å². The smallest absolute Gasteiger partial charge is 0.315 e. The summed E-state index contributed by atoms with van der Waals surface area (Å²) in [6, 6.07) is 14.6. The van der Waals surface area contributed by atoms with E-state index in [9.17, 15) is 4.79 Å². The molecular weight excluding hydrogens is 226 g/mol. The molecule has 0 atom stereocenters. The van der Waals surface area contributed by atoms with Crippen LogP contribution in [0.2, 0.25) is 0 Å². The molecule has 92 valence electrons. The molecule has 0 aromatic heterocycles. The van der Waals surface area contributed by atoms with Gasteiger partial charge in [-0.05, 0) is 42.3 Å². The molecule has 3 heteroatoms. The zero-order valence-corrected chi connectivity index (χ0v) is 10.2. The second-order valence-corrected chi connectivity index (χ2v) is 4.21. The van der Waals surface area contributed by atoms with Crippen LogP contribution >= 0.6 is 0 Å². The first-order valence-corrected chi connectivity index (χ1v) is 5.75. The molecule has 0 bridgehead atoms. The molecule has 2 N–H and O–H groups in total. The predicted octanol–water partition coefficient (Wildman–Crippen LogP) is 2.73. The Hall–Kier alpha value is -2.29. The van der Waals surface area contributed by atoms with Gasteiger partial charge in [0.05, 0.1) is 6.42 Å². The summed E-state index contributed by atoms with van der Waals surface area (Å²) in [6.07, 6.45) is 0.244. The number of nitrogen functional groups attached to an aromatic ring is 1. The van der Waals surface area contributed by atoms with Gasteiger partial charge in [-0.25, -0.2) is 0 Å². The molecule has 0 amide bonds. The first-order valence-electron chi connectivity index (χ1n) is 5.75. The number of carbonyl (C=O) groups is 1. The maximum absolute atomic E-state index is 11.7. The third kappa shape index (κ3) is 3.35. The van der Waals surface area contributed by atoms with Crippen LogP contribution in [-0.2, 0) is 11.2 Å². The Bertz CT molecular complexity index is 547. The van der Waals surface area contributed by atoms with Crippen LogP contribution in [0.4, 0.5) is 5.69 Å². The van der Waals surface area contributed by atoms with Crippen molar-refractivity contribution in [2.45, 2.75) is 13.3 Å². The predicted molar refractivity (Wildman–Crippen MR) is 71.4 cm³/mol. The van der Waals surface area contributed by atoms with Crippen molar-refractivity contribution in [1.82, 2.24) is 0 Å². The van der Waals surface area contributed by atoms with E-state index in [0.717, 1.165) is 11.1 Å². The van der Waals surface area contributed by atoms with Crippen LogP contribution in [0.1, 0.15) is 11.1 Å². The maximum atomic E-state index is 11.7. The van der Waals surface area contributed by atoms with Crippen LogP contribution in [0.5, 0.6) is 5.75 Å². The lowest BCUT2D eigenvalue weighted by atomic mass is 10.1. The largest absolute Gasteiger partial charge is 0.426 e. The van der Waals surface area contributed by atoms with E-state index in [2.05, 4.69) is 0 Å². The summed E-state index contributed by atoms with van der Waals surface area (Å²) >= 11 is 0. The molecule has 2 aromatic carbocycles. The standard InChI is InChI=1S/C15H15NO2/c1-11-3-2-4-14(9-11)18-15(17)10-12-5-7-13(16)8-6-12/h2-9H,10,16H2,1H3. The van der Waals surface area contributed by atoms with Crippen molar-refractivity contribution >= 4 is 11.7 Å². The van der Waals surface area contributed by atoms with Crippen molar-refractivity contribution in [2.75, 3.05) is 5.73 Å². The van der Waals surface area contributed by atoms with Crippen LogP contribution in [0, 0.1) is 6.92 Å². The topological polar surface area (TPSA) is 52.3 Å². The highest BCUT2D eigenvalue weighted by Gasteiger charge is 2.06. The van der Waals surface area contributed by atoms with Crippen molar-refractivity contribution in [2.24, 2.45) is 0 Å². The maximum Gasteiger partial charge on any atom is 0.315 e. The second kappa shape index (κ2) is 5.36. The number of nitrogens with two attached hydrogens (primary N) is 1. The molecule has 3 nitrogen and oxygen atoms in total. The van der Waals surface area contributed by atoms with E-state index >= 15 is 0 Å². The Labute approximate surface area is 106 Å². The van der Waals surface area contributed by atoms with Crippen molar-refractivity contribution in [3.05, 3.63) is 59.7 Å². The minimum atomic E-state index is -0.273. The molecule has 0 unspecified atom stereocenters. The zero-order valence-electron chi connectivity index (χ0n) is 10.2. The number of hydrogen-bond donors (Lipinski definition) is 1. The Morgan fingerprint density at radius 2 is 1.89 bits per heavy atom. The van der Waals surface area contributed by atoms with Crippen LogP contribution in [0.15, 0.2) is 48.5 Å². The fourth-order valence-corrected chi connectivity index (χ4v) is 1.65. The quantitative estimate of drug-likeness (QED) is 0.510. The van der Waals surface area contributed by atoms with E-state index < -0.39 is 0 Å². The van der Waals surface area contributed by atoms with E-state index in [1.54, 1.807) is 18.2 Å². The second-order valence-electron chi connectivity index (χ2n) is 4.21. The van der Waals surface area contributed by atoms with Crippen LogP contribution in [0.25, 0.3) is 0 Å². The molecule has 2 aromatic rings. The van der Waals surface area contributed by atoms with Gasteiger partial charge in [-0.15, -0.1) is 0 Å². The van der Waals surface area contributed by atoms with E-state index in [0.29, 0.717) is 11.4 Å². The monoisotopic (exact) mass is 241 g/mol. The molecule has 0 spiro atoms. The van der Waals surface area contributed by atoms with Crippen molar-refractivity contribution in [3.63, 3.8) is 0 Å². The molecule has 2 rings (SSSR count). The Balaban J connectivity index is 1.98. The minimum absolute atomic E-state index is 0.244. The Morgan fingerprint density at radius 1 is 1.17 bits per heavy atom. The van der Waals surface area contributed by atoms with Gasteiger partial charge in [0, 0.05) is 5.69 Å². The number of anilines is 1. The molecular formula is C15H15NO2. The average molecular weight is 241 g/mol. The Morgan fingerprint density at radius 3 is 2.56 bits per heavy atom. The molecule has 0 aliphatic rings. The molecule has 0 aliphatic carbocycles. The fraction of sp³-hybridized carbons (Fsp3) is 0.133. The number of carbonyl (C=O) groups excluding carboxylic acids is 1. The van der Waals surface area contributed by atoms with Gasteiger partial charge in [0.1, 0.15) is 5.75 Å². The minimum Gasteiger partial charge on any atom is -0.426 e. The number of aryl methyl sites for hydroxylation is 1. The number of ether oxygens (including phenoxy) is 1. The third-order valence-electron chi connectivity index (χ3n) is 2.55. The van der Waals surface area contributed by atoms with Gasteiger partial charge in [-0.2, -0.15) is 0 Å². The number of rotatable bonds is 3. The van der Waals surface area contributed by atoms with Crippen molar-refractivity contribution < 1.29 is 9.53 Å². The highest BCUT2D eigenvalue weighted by molar-refractivity contribution is 5.75. The number of esters is 1. The molecule has 0 radical (unpaired) electrons. The SMILES string of the molecule is Cc1cccc(OC(=O)Cc2ccc(N)cc2)c1. The van der Waals surface area contributed by atoms with Gasteiger partial charge in [0.25, 0.3) is 0 Å². The van der Waals surface area contributed by atoms with E-state index in [-0.39, 0.29) is 12.4 Å². The highest BCUT2D eigenvalue weighted by atomic mass is 16.5. The first-order chi connectivity index (χ1) is 8.63. The molecule has 0 heterocycles. The first kappa shape index (κ1) is 12.2. The summed E-state index contributed by atoms with van der Waals surface area (Å²) < 4.78 is 5.26. The summed E-state index contributed by atoms with van der Waals surface area (Å²) in [5, 5.41) is 0. The zero-order chi connectivity index (χ0) is 13.0. The number of hydrogen-bond acceptors (Lipinski definition) is 3. The van der Waals surface area contributed by atoms with Gasteiger partial charge in [0.15, 0.2) is 0 Å². The normalized spacial score (nSPS) is 10.1. The lowest BCUT2D eigenvalue weighted by molar-refractivity contribution is -0.133. The molecule has 0 aliphatic heterocycles. The molecule has 0 saturated heterocycles. The third-order valence-corrected chi connectivity index (χ3v) is 2.55. The van der Waals surface area contributed by atoms with Gasteiger partial charge in [-0.3, -0.25) is 4.79 Å². The van der Waals surface area contributed by atoms with Gasteiger partial charge in [-0.1, -0.05) is 24.3 Å². The summed E-state index contributed by atoms with van der Waals surface area (Å²) in [4.78, 5) is 11.7. The van der Waals surface area contributed by atoms with Crippen molar-refractivity contribution in [3.8, 4) is 5.75 Å². The van der Waals surface area contributed by atoms with E-state index in [4.69, 9.17) is 10.5 Å². The van der Waals surface area contributed by atoms with Crippen LogP contribution in [-0.4, -0.2) is 5.97 Å². The summed E-state index contributed by atoms with van der Waals surface area (Å²) in [5.74, 6) is 0.306. The van der Waals surface area contributed by atoms with Crippen LogP contribution < -0.4 is 10.5 Å². The van der Waals surface area contributed by atoms with E-state index in [1.165, 1.54) is 0 Å². The molecule has 0 fully saturated rings.